The van der Waals surface area contributed by atoms with Gasteiger partial charge in [-0.05, 0) is 31.2 Å². The number of hydrogen-bond donors (Lipinski definition) is 2. The van der Waals surface area contributed by atoms with Crippen molar-refractivity contribution in [3.05, 3.63) is 53.3 Å². The fraction of sp³-hybridized carbons (Fsp3) is 0.0769. The minimum Gasteiger partial charge on any atom is -0.478 e. The van der Waals surface area contributed by atoms with E-state index in [9.17, 15) is 9.59 Å². The van der Waals surface area contributed by atoms with Gasteiger partial charge in [0.2, 0.25) is 0 Å². The van der Waals surface area contributed by atoms with Gasteiger partial charge in [-0.25, -0.2) is 9.59 Å². The van der Waals surface area contributed by atoms with Crippen LogP contribution in [0, 0.1) is 6.92 Å². The van der Waals surface area contributed by atoms with Gasteiger partial charge in [-0.1, -0.05) is 6.07 Å². The molecule has 0 aliphatic rings. The van der Waals surface area contributed by atoms with E-state index < -0.39 is 11.9 Å². The summed E-state index contributed by atoms with van der Waals surface area (Å²) in [5, 5.41) is 17.9. The van der Waals surface area contributed by atoms with Crippen molar-refractivity contribution in [1.29, 1.82) is 0 Å². The standard InChI is InChI=1S/C13H11NO4/c1-8-11(13(17)18)5-6-14(8)10-4-2-3-9(7-10)12(15)16/h2-7H,1H3,(H,15,16)(H,17,18). The molecule has 18 heavy (non-hydrogen) atoms. The van der Waals surface area contributed by atoms with Gasteiger partial charge in [-0.2, -0.15) is 0 Å². The molecule has 92 valence electrons. The zero-order valence-electron chi connectivity index (χ0n) is 9.62. The van der Waals surface area contributed by atoms with Gasteiger partial charge in [0, 0.05) is 17.6 Å². The van der Waals surface area contributed by atoms with Crippen LogP contribution in [-0.4, -0.2) is 26.7 Å². The van der Waals surface area contributed by atoms with Crippen molar-refractivity contribution in [3.8, 4) is 5.69 Å². The SMILES string of the molecule is Cc1c(C(=O)O)ccn1-c1cccc(C(=O)O)c1. The van der Waals surface area contributed by atoms with Crippen LogP contribution in [0.3, 0.4) is 0 Å². The van der Waals surface area contributed by atoms with Crippen LogP contribution in [0.15, 0.2) is 36.5 Å². The third-order valence-electron chi connectivity index (χ3n) is 2.74. The fourth-order valence-corrected chi connectivity index (χ4v) is 1.81. The number of hydrogen-bond acceptors (Lipinski definition) is 2. The second-order valence-corrected chi connectivity index (χ2v) is 3.85. The van der Waals surface area contributed by atoms with Crippen molar-refractivity contribution in [2.75, 3.05) is 0 Å². The number of carboxylic acid groups (broad SMARTS) is 2. The highest BCUT2D eigenvalue weighted by molar-refractivity contribution is 5.90. The summed E-state index contributed by atoms with van der Waals surface area (Å²) < 4.78 is 1.65. The van der Waals surface area contributed by atoms with E-state index in [0.717, 1.165) is 0 Å². The zero-order chi connectivity index (χ0) is 13.3. The predicted octanol–water partition coefficient (Wildman–Crippen LogP) is 2.18. The third-order valence-corrected chi connectivity index (χ3v) is 2.74. The molecule has 2 aromatic rings. The third kappa shape index (κ3) is 1.98. The van der Waals surface area contributed by atoms with Crippen LogP contribution in [-0.2, 0) is 0 Å². The molecule has 1 heterocycles. The zero-order valence-corrected chi connectivity index (χ0v) is 9.62. The first-order chi connectivity index (χ1) is 8.50. The minimum atomic E-state index is -1.01. The van der Waals surface area contributed by atoms with E-state index >= 15 is 0 Å². The lowest BCUT2D eigenvalue weighted by Gasteiger charge is -2.07. The summed E-state index contributed by atoms with van der Waals surface area (Å²) >= 11 is 0. The van der Waals surface area contributed by atoms with E-state index in [1.165, 1.54) is 18.2 Å². The Bertz CT molecular complexity index is 628. The van der Waals surface area contributed by atoms with Crippen LogP contribution < -0.4 is 0 Å². The second kappa shape index (κ2) is 4.37. The molecule has 2 rings (SSSR count). The van der Waals surface area contributed by atoms with E-state index in [4.69, 9.17) is 10.2 Å². The molecule has 0 atom stereocenters. The van der Waals surface area contributed by atoms with Crippen molar-refractivity contribution < 1.29 is 19.8 Å². The largest absolute Gasteiger partial charge is 0.478 e. The molecule has 0 spiro atoms. The smallest absolute Gasteiger partial charge is 0.337 e. The normalized spacial score (nSPS) is 10.3. The van der Waals surface area contributed by atoms with Crippen LogP contribution in [0.2, 0.25) is 0 Å². The van der Waals surface area contributed by atoms with Crippen LogP contribution >= 0.6 is 0 Å². The van der Waals surface area contributed by atoms with E-state index in [-0.39, 0.29) is 11.1 Å². The molecule has 5 nitrogen and oxygen atoms in total. The Kier molecular flexibility index (Phi) is 2.89. The number of carbonyl (C=O) groups is 2. The van der Waals surface area contributed by atoms with Crippen molar-refractivity contribution in [2.24, 2.45) is 0 Å². The Labute approximate surface area is 103 Å². The number of carboxylic acids is 2. The van der Waals surface area contributed by atoms with Crippen molar-refractivity contribution in [2.45, 2.75) is 6.92 Å². The maximum absolute atomic E-state index is 10.9. The Morgan fingerprint density at radius 2 is 1.83 bits per heavy atom. The molecule has 0 unspecified atom stereocenters. The van der Waals surface area contributed by atoms with Gasteiger partial charge in [-0.3, -0.25) is 0 Å². The number of aromatic carboxylic acids is 2. The molecule has 0 saturated heterocycles. The number of aromatic nitrogens is 1. The van der Waals surface area contributed by atoms with Gasteiger partial charge in [-0.15, -0.1) is 0 Å². The lowest BCUT2D eigenvalue weighted by molar-refractivity contribution is 0.0685. The van der Waals surface area contributed by atoms with Gasteiger partial charge < -0.3 is 14.8 Å². The van der Waals surface area contributed by atoms with Crippen LogP contribution in [0.4, 0.5) is 0 Å². The molecular formula is C13H11NO4. The lowest BCUT2D eigenvalue weighted by atomic mass is 10.2. The van der Waals surface area contributed by atoms with Crippen LogP contribution in [0.5, 0.6) is 0 Å². The summed E-state index contributed by atoms with van der Waals surface area (Å²) in [7, 11) is 0. The maximum atomic E-state index is 10.9. The van der Waals surface area contributed by atoms with Gasteiger partial charge >= 0.3 is 11.9 Å². The molecule has 0 bridgehead atoms. The van der Waals surface area contributed by atoms with Gasteiger partial charge in [0.1, 0.15) is 0 Å². The van der Waals surface area contributed by atoms with Gasteiger partial charge in [0.05, 0.1) is 11.1 Å². The maximum Gasteiger partial charge on any atom is 0.337 e. The summed E-state index contributed by atoms with van der Waals surface area (Å²) in [6.07, 6.45) is 1.61. The monoisotopic (exact) mass is 245 g/mol. The molecule has 2 N–H and O–H groups in total. The van der Waals surface area contributed by atoms with Gasteiger partial charge in [0.25, 0.3) is 0 Å². The molecule has 0 aliphatic carbocycles. The summed E-state index contributed by atoms with van der Waals surface area (Å²) in [5.41, 5.74) is 1.55. The highest BCUT2D eigenvalue weighted by Crippen LogP contribution is 2.17. The van der Waals surface area contributed by atoms with Crippen LogP contribution in [0.25, 0.3) is 5.69 Å². The van der Waals surface area contributed by atoms with Crippen LogP contribution in [0.1, 0.15) is 26.4 Å². The minimum absolute atomic E-state index is 0.164. The summed E-state index contributed by atoms with van der Waals surface area (Å²) in [6, 6.07) is 7.83. The fourth-order valence-electron chi connectivity index (χ4n) is 1.81. The van der Waals surface area contributed by atoms with Crippen molar-refractivity contribution in [3.63, 3.8) is 0 Å². The quantitative estimate of drug-likeness (QED) is 0.868. The molecule has 0 radical (unpaired) electrons. The van der Waals surface area contributed by atoms with E-state index in [1.54, 1.807) is 29.8 Å². The van der Waals surface area contributed by atoms with E-state index in [2.05, 4.69) is 0 Å². The molecule has 0 fully saturated rings. The average Bonchev–Trinajstić information content (AvgIpc) is 2.71. The summed E-state index contributed by atoms with van der Waals surface area (Å²) in [5.74, 6) is -2.01. The predicted molar refractivity (Wildman–Crippen MR) is 64.4 cm³/mol. The second-order valence-electron chi connectivity index (χ2n) is 3.85. The summed E-state index contributed by atoms with van der Waals surface area (Å²) in [6.45, 7) is 1.68. The Balaban J connectivity index is 2.52. The highest BCUT2D eigenvalue weighted by atomic mass is 16.4. The lowest BCUT2D eigenvalue weighted by Crippen LogP contribution is -2.03. The molecule has 1 aromatic heterocycles. The van der Waals surface area contributed by atoms with Crippen molar-refractivity contribution in [1.82, 2.24) is 4.57 Å². The molecule has 0 amide bonds. The number of benzene rings is 1. The van der Waals surface area contributed by atoms with Gasteiger partial charge in [0.15, 0.2) is 0 Å². The Hall–Kier alpha value is -2.56. The highest BCUT2D eigenvalue weighted by Gasteiger charge is 2.13. The first kappa shape index (κ1) is 11.9. The molecular weight excluding hydrogens is 234 g/mol. The molecule has 0 aliphatic heterocycles. The summed E-state index contributed by atoms with van der Waals surface area (Å²) in [4.78, 5) is 21.8. The van der Waals surface area contributed by atoms with E-state index in [1.807, 2.05) is 0 Å². The topological polar surface area (TPSA) is 79.5 Å². The Morgan fingerprint density at radius 1 is 1.11 bits per heavy atom. The first-order valence-corrected chi connectivity index (χ1v) is 5.25. The van der Waals surface area contributed by atoms with Crippen molar-refractivity contribution >= 4 is 11.9 Å². The number of nitrogens with zero attached hydrogens (tertiary/aromatic N) is 1. The van der Waals surface area contributed by atoms with E-state index in [0.29, 0.717) is 11.4 Å². The number of rotatable bonds is 3. The molecule has 1 aromatic carbocycles. The molecule has 5 heteroatoms. The molecule has 0 saturated carbocycles. The first-order valence-electron chi connectivity index (χ1n) is 5.25. The Morgan fingerprint density at radius 3 is 2.39 bits per heavy atom. The average molecular weight is 245 g/mol.